The molecule has 0 aliphatic carbocycles. The first-order valence-electron chi connectivity index (χ1n) is 9.00. The van der Waals surface area contributed by atoms with Crippen LogP contribution in [0.1, 0.15) is 24.8 Å². The fourth-order valence-corrected chi connectivity index (χ4v) is 3.47. The Bertz CT molecular complexity index is 756. The van der Waals surface area contributed by atoms with Gasteiger partial charge in [-0.15, -0.1) is 0 Å². The van der Waals surface area contributed by atoms with Crippen LogP contribution in [-0.2, 0) is 16.0 Å². The smallest absolute Gasteiger partial charge is 0.227 e. The molecule has 1 heterocycles. The SMILES string of the molecule is O=C(Nc1ccccc1)C1CCN(C(=O)CCc2cccc(Cl)c2)CC1. The van der Waals surface area contributed by atoms with E-state index in [9.17, 15) is 9.59 Å². The third kappa shape index (κ3) is 5.09. The van der Waals surface area contributed by atoms with E-state index in [0.29, 0.717) is 43.8 Å². The Morgan fingerprint density at radius 1 is 1.04 bits per heavy atom. The zero-order chi connectivity index (χ0) is 18.4. The fraction of sp³-hybridized carbons (Fsp3) is 0.333. The number of carbonyl (C=O) groups excluding carboxylic acids is 2. The second-order valence-electron chi connectivity index (χ2n) is 6.64. The summed E-state index contributed by atoms with van der Waals surface area (Å²) in [4.78, 5) is 26.6. The zero-order valence-electron chi connectivity index (χ0n) is 14.7. The Hall–Kier alpha value is -2.33. The number of anilines is 1. The molecule has 2 aromatic rings. The second kappa shape index (κ2) is 8.86. The van der Waals surface area contributed by atoms with Crippen molar-refractivity contribution in [1.82, 2.24) is 4.90 Å². The summed E-state index contributed by atoms with van der Waals surface area (Å²) in [5.41, 5.74) is 1.89. The summed E-state index contributed by atoms with van der Waals surface area (Å²) in [6.07, 6.45) is 2.58. The molecule has 0 bridgehead atoms. The van der Waals surface area contributed by atoms with Crippen LogP contribution in [0.25, 0.3) is 0 Å². The fourth-order valence-electron chi connectivity index (χ4n) is 3.26. The maximum Gasteiger partial charge on any atom is 0.227 e. The molecule has 1 fully saturated rings. The molecule has 0 atom stereocenters. The van der Waals surface area contributed by atoms with Gasteiger partial charge in [0.05, 0.1) is 0 Å². The average molecular weight is 371 g/mol. The number of piperidine rings is 1. The van der Waals surface area contributed by atoms with Crippen molar-refractivity contribution in [2.24, 2.45) is 5.92 Å². The number of hydrogen-bond acceptors (Lipinski definition) is 2. The van der Waals surface area contributed by atoms with Crippen molar-refractivity contribution in [1.29, 1.82) is 0 Å². The Morgan fingerprint density at radius 2 is 1.77 bits per heavy atom. The minimum atomic E-state index is -0.0350. The molecule has 1 aliphatic rings. The average Bonchev–Trinajstić information content (AvgIpc) is 2.67. The Kier molecular flexibility index (Phi) is 6.29. The minimum absolute atomic E-state index is 0.0350. The third-order valence-electron chi connectivity index (χ3n) is 4.78. The van der Waals surface area contributed by atoms with Crippen LogP contribution in [0, 0.1) is 5.92 Å². The molecule has 0 saturated carbocycles. The quantitative estimate of drug-likeness (QED) is 0.859. The van der Waals surface area contributed by atoms with E-state index in [1.54, 1.807) is 0 Å². The van der Waals surface area contributed by atoms with Gasteiger partial charge in [0.25, 0.3) is 0 Å². The van der Waals surface area contributed by atoms with Gasteiger partial charge in [0.2, 0.25) is 11.8 Å². The number of aryl methyl sites for hydroxylation is 1. The molecule has 2 aromatic carbocycles. The maximum atomic E-state index is 12.4. The highest BCUT2D eigenvalue weighted by Gasteiger charge is 2.27. The zero-order valence-corrected chi connectivity index (χ0v) is 15.4. The molecule has 0 aromatic heterocycles. The van der Waals surface area contributed by atoms with Gasteiger partial charge in [-0.2, -0.15) is 0 Å². The molecular weight excluding hydrogens is 348 g/mol. The van der Waals surface area contributed by atoms with Crippen LogP contribution in [-0.4, -0.2) is 29.8 Å². The third-order valence-corrected chi connectivity index (χ3v) is 5.01. The topological polar surface area (TPSA) is 49.4 Å². The number of nitrogens with zero attached hydrogens (tertiary/aromatic N) is 1. The first-order valence-corrected chi connectivity index (χ1v) is 9.38. The van der Waals surface area contributed by atoms with Crippen LogP contribution >= 0.6 is 11.6 Å². The summed E-state index contributed by atoms with van der Waals surface area (Å²) in [5, 5.41) is 3.65. The molecule has 26 heavy (non-hydrogen) atoms. The van der Waals surface area contributed by atoms with E-state index in [-0.39, 0.29) is 17.7 Å². The van der Waals surface area contributed by atoms with Crippen molar-refractivity contribution in [3.05, 3.63) is 65.2 Å². The van der Waals surface area contributed by atoms with Gasteiger partial charge in [-0.25, -0.2) is 0 Å². The van der Waals surface area contributed by atoms with E-state index in [4.69, 9.17) is 11.6 Å². The van der Waals surface area contributed by atoms with Crippen molar-refractivity contribution in [2.75, 3.05) is 18.4 Å². The molecule has 1 aliphatic heterocycles. The molecule has 0 radical (unpaired) electrons. The van der Waals surface area contributed by atoms with Crippen molar-refractivity contribution >= 4 is 29.1 Å². The molecular formula is C21H23ClN2O2. The highest BCUT2D eigenvalue weighted by atomic mass is 35.5. The molecule has 1 saturated heterocycles. The van der Waals surface area contributed by atoms with E-state index in [1.165, 1.54) is 0 Å². The number of para-hydroxylation sites is 1. The van der Waals surface area contributed by atoms with Gasteiger partial charge >= 0.3 is 0 Å². The molecule has 4 nitrogen and oxygen atoms in total. The van der Waals surface area contributed by atoms with Gasteiger partial charge in [-0.1, -0.05) is 41.9 Å². The summed E-state index contributed by atoms with van der Waals surface area (Å²) < 4.78 is 0. The highest BCUT2D eigenvalue weighted by molar-refractivity contribution is 6.30. The number of likely N-dealkylation sites (tertiary alicyclic amines) is 1. The molecule has 5 heteroatoms. The van der Waals surface area contributed by atoms with Gasteiger partial charge in [0.1, 0.15) is 0 Å². The van der Waals surface area contributed by atoms with Crippen LogP contribution in [0.4, 0.5) is 5.69 Å². The number of benzene rings is 2. The van der Waals surface area contributed by atoms with E-state index < -0.39 is 0 Å². The summed E-state index contributed by atoms with van der Waals surface area (Å²) >= 11 is 5.98. The summed E-state index contributed by atoms with van der Waals surface area (Å²) in [7, 11) is 0. The largest absolute Gasteiger partial charge is 0.343 e. The number of rotatable bonds is 5. The van der Waals surface area contributed by atoms with Crippen LogP contribution in [0.15, 0.2) is 54.6 Å². The van der Waals surface area contributed by atoms with Crippen LogP contribution < -0.4 is 5.32 Å². The van der Waals surface area contributed by atoms with Gasteiger partial charge in [-0.3, -0.25) is 9.59 Å². The Balaban J connectivity index is 1.44. The molecule has 2 amide bonds. The van der Waals surface area contributed by atoms with E-state index in [1.807, 2.05) is 59.5 Å². The number of hydrogen-bond donors (Lipinski definition) is 1. The standard InChI is InChI=1S/C21H23ClN2O2/c22-18-6-4-5-16(15-18)9-10-20(25)24-13-11-17(12-14-24)21(26)23-19-7-2-1-3-8-19/h1-8,15,17H,9-14H2,(H,23,26). The Morgan fingerprint density at radius 3 is 2.46 bits per heavy atom. The lowest BCUT2D eigenvalue weighted by Crippen LogP contribution is -2.41. The monoisotopic (exact) mass is 370 g/mol. The second-order valence-corrected chi connectivity index (χ2v) is 7.08. The molecule has 1 N–H and O–H groups in total. The summed E-state index contributed by atoms with van der Waals surface area (Å²) in [5.74, 6) is 0.154. The summed E-state index contributed by atoms with van der Waals surface area (Å²) in [6, 6.07) is 17.1. The number of nitrogens with one attached hydrogen (secondary N) is 1. The van der Waals surface area contributed by atoms with E-state index in [2.05, 4.69) is 5.32 Å². The van der Waals surface area contributed by atoms with Gasteiger partial charge < -0.3 is 10.2 Å². The van der Waals surface area contributed by atoms with Crippen molar-refractivity contribution in [2.45, 2.75) is 25.7 Å². The first kappa shape index (κ1) is 18.5. The van der Waals surface area contributed by atoms with Crippen LogP contribution in [0.2, 0.25) is 5.02 Å². The van der Waals surface area contributed by atoms with Crippen molar-refractivity contribution in [3.63, 3.8) is 0 Å². The highest BCUT2D eigenvalue weighted by Crippen LogP contribution is 2.21. The van der Waals surface area contributed by atoms with Crippen molar-refractivity contribution in [3.8, 4) is 0 Å². The number of halogens is 1. The lowest BCUT2D eigenvalue weighted by Gasteiger charge is -2.31. The Labute approximate surface area is 159 Å². The predicted molar refractivity (Wildman–Crippen MR) is 104 cm³/mol. The lowest BCUT2D eigenvalue weighted by molar-refractivity contribution is -0.134. The molecule has 3 rings (SSSR count). The first-order chi connectivity index (χ1) is 12.6. The van der Waals surface area contributed by atoms with Gasteiger partial charge in [0, 0.05) is 36.1 Å². The molecule has 0 unspecified atom stereocenters. The van der Waals surface area contributed by atoms with Crippen molar-refractivity contribution < 1.29 is 9.59 Å². The van der Waals surface area contributed by atoms with E-state index >= 15 is 0 Å². The number of carbonyl (C=O) groups is 2. The maximum absolute atomic E-state index is 12.4. The normalized spacial score (nSPS) is 14.9. The van der Waals surface area contributed by atoms with Crippen LogP contribution in [0.3, 0.4) is 0 Å². The predicted octanol–water partition coefficient (Wildman–Crippen LogP) is 4.15. The molecule has 136 valence electrons. The minimum Gasteiger partial charge on any atom is -0.343 e. The van der Waals surface area contributed by atoms with Gasteiger partial charge in [-0.05, 0) is 49.1 Å². The van der Waals surface area contributed by atoms with E-state index in [0.717, 1.165) is 11.3 Å². The number of amides is 2. The van der Waals surface area contributed by atoms with Crippen LogP contribution in [0.5, 0.6) is 0 Å². The van der Waals surface area contributed by atoms with Gasteiger partial charge in [0.15, 0.2) is 0 Å². The molecule has 0 spiro atoms. The summed E-state index contributed by atoms with van der Waals surface area (Å²) in [6.45, 7) is 1.28. The lowest BCUT2D eigenvalue weighted by atomic mass is 9.95.